The zero-order valence-electron chi connectivity index (χ0n) is 10.5. The number of nitrogens with zero attached hydrogens (tertiary/aromatic N) is 2. The van der Waals surface area contributed by atoms with Crippen LogP contribution in [0.25, 0.3) is 0 Å². The van der Waals surface area contributed by atoms with Crippen LogP contribution in [0.3, 0.4) is 0 Å². The predicted molar refractivity (Wildman–Crippen MR) is 60.4 cm³/mol. The van der Waals surface area contributed by atoms with Crippen molar-refractivity contribution < 1.29 is 14.6 Å². The normalized spacial score (nSPS) is 15.2. The summed E-state index contributed by atoms with van der Waals surface area (Å²) in [4.78, 5) is 0. The van der Waals surface area contributed by atoms with Gasteiger partial charge < -0.3 is 14.6 Å². The Balaban J connectivity index is 3.24. The number of aliphatic hydroxyl groups is 1. The topological polar surface area (TPSA) is 56.5 Å². The highest BCUT2D eigenvalue weighted by molar-refractivity contribution is 5.31. The third-order valence-corrected chi connectivity index (χ3v) is 2.85. The fraction of sp³-hybridized carbons (Fsp3) is 0.727. The number of aromatic nitrogens is 2. The molecule has 0 aliphatic rings. The fourth-order valence-electron chi connectivity index (χ4n) is 1.79. The molecule has 1 rings (SSSR count). The summed E-state index contributed by atoms with van der Waals surface area (Å²) in [7, 11) is 4.91. The Hall–Kier alpha value is -1.07. The molecular formula is C11H20N2O3. The highest BCUT2D eigenvalue weighted by atomic mass is 16.5. The molecule has 92 valence electrons. The zero-order valence-corrected chi connectivity index (χ0v) is 10.5. The van der Waals surface area contributed by atoms with Gasteiger partial charge in [0.05, 0.1) is 19.9 Å². The first-order valence-electron chi connectivity index (χ1n) is 5.25. The summed E-state index contributed by atoms with van der Waals surface area (Å²) < 4.78 is 11.9. The second-order valence-electron chi connectivity index (χ2n) is 4.20. The molecule has 0 bridgehead atoms. The smallest absolute Gasteiger partial charge is 0.163 e. The van der Waals surface area contributed by atoms with Gasteiger partial charge in [0, 0.05) is 14.2 Å². The summed E-state index contributed by atoms with van der Waals surface area (Å²) in [6.45, 7) is 4.08. The number of rotatable bonds is 5. The summed E-state index contributed by atoms with van der Waals surface area (Å²) in [6, 6.07) is 0. The minimum Gasteiger partial charge on any atom is -0.493 e. The number of ether oxygens (including phenoxy) is 2. The maximum atomic E-state index is 10.7. The molecular weight excluding hydrogens is 208 g/mol. The third-order valence-electron chi connectivity index (χ3n) is 2.85. The lowest BCUT2D eigenvalue weighted by Gasteiger charge is -2.32. The summed E-state index contributed by atoms with van der Waals surface area (Å²) in [6.07, 6.45) is 1.60. The molecule has 1 heterocycles. The van der Waals surface area contributed by atoms with E-state index < -0.39 is 5.60 Å². The van der Waals surface area contributed by atoms with Gasteiger partial charge >= 0.3 is 0 Å². The molecule has 1 unspecified atom stereocenters. The number of methoxy groups -OCH3 is 2. The molecule has 0 amide bonds. The van der Waals surface area contributed by atoms with E-state index in [4.69, 9.17) is 9.47 Å². The maximum Gasteiger partial charge on any atom is 0.163 e. The minimum atomic E-state index is -1.09. The van der Waals surface area contributed by atoms with Crippen molar-refractivity contribution in [2.24, 2.45) is 13.0 Å². The second-order valence-corrected chi connectivity index (χ2v) is 4.20. The van der Waals surface area contributed by atoms with Crippen molar-refractivity contribution in [2.45, 2.75) is 19.4 Å². The van der Waals surface area contributed by atoms with Crippen LogP contribution in [0, 0.1) is 5.92 Å². The van der Waals surface area contributed by atoms with E-state index in [1.165, 1.54) is 0 Å². The Labute approximate surface area is 96.0 Å². The molecule has 1 aromatic heterocycles. The lowest BCUT2D eigenvalue weighted by molar-refractivity contribution is -0.0767. The van der Waals surface area contributed by atoms with E-state index in [1.54, 1.807) is 32.1 Å². The molecule has 16 heavy (non-hydrogen) atoms. The van der Waals surface area contributed by atoms with Gasteiger partial charge in [-0.05, 0) is 5.92 Å². The molecule has 1 atom stereocenters. The van der Waals surface area contributed by atoms with Gasteiger partial charge in [0.1, 0.15) is 11.3 Å². The average Bonchev–Trinajstić information content (AvgIpc) is 2.59. The molecule has 0 saturated heterocycles. The first-order valence-corrected chi connectivity index (χ1v) is 5.25. The van der Waals surface area contributed by atoms with Crippen LogP contribution < -0.4 is 4.74 Å². The van der Waals surface area contributed by atoms with Crippen molar-refractivity contribution in [3.63, 3.8) is 0 Å². The Morgan fingerprint density at radius 1 is 1.50 bits per heavy atom. The molecule has 1 aromatic rings. The highest BCUT2D eigenvalue weighted by Gasteiger charge is 2.39. The monoisotopic (exact) mass is 228 g/mol. The molecule has 1 N–H and O–H groups in total. The van der Waals surface area contributed by atoms with Crippen LogP contribution in [0.5, 0.6) is 5.75 Å². The van der Waals surface area contributed by atoms with Crippen LogP contribution in [-0.2, 0) is 17.4 Å². The SMILES string of the molecule is COCC(O)(c1c(OC)cnn1C)C(C)C. The first-order chi connectivity index (χ1) is 7.47. The van der Waals surface area contributed by atoms with Crippen LogP contribution in [0.1, 0.15) is 19.5 Å². The predicted octanol–water partition coefficient (Wildman–Crippen LogP) is 0.919. The van der Waals surface area contributed by atoms with E-state index in [1.807, 2.05) is 13.8 Å². The van der Waals surface area contributed by atoms with Crippen LogP contribution in [0.15, 0.2) is 6.20 Å². The Bertz CT molecular complexity index is 349. The van der Waals surface area contributed by atoms with Crippen molar-refractivity contribution in [2.75, 3.05) is 20.8 Å². The molecule has 0 saturated carbocycles. The van der Waals surface area contributed by atoms with Crippen LogP contribution in [0.2, 0.25) is 0 Å². The molecule has 0 aliphatic heterocycles. The van der Waals surface area contributed by atoms with Gasteiger partial charge in [-0.2, -0.15) is 5.10 Å². The molecule has 0 aromatic carbocycles. The minimum absolute atomic E-state index is 0.00301. The van der Waals surface area contributed by atoms with E-state index in [9.17, 15) is 5.11 Å². The third kappa shape index (κ3) is 2.05. The average molecular weight is 228 g/mol. The van der Waals surface area contributed by atoms with Gasteiger partial charge in [-0.1, -0.05) is 13.8 Å². The fourth-order valence-corrected chi connectivity index (χ4v) is 1.79. The van der Waals surface area contributed by atoms with E-state index in [-0.39, 0.29) is 12.5 Å². The number of aryl methyl sites for hydroxylation is 1. The zero-order chi connectivity index (χ0) is 12.3. The van der Waals surface area contributed by atoms with Gasteiger partial charge in [-0.3, -0.25) is 4.68 Å². The van der Waals surface area contributed by atoms with Crippen LogP contribution in [0.4, 0.5) is 0 Å². The lowest BCUT2D eigenvalue weighted by atomic mass is 9.87. The van der Waals surface area contributed by atoms with E-state index in [2.05, 4.69) is 5.10 Å². The summed E-state index contributed by atoms with van der Waals surface area (Å²) in [5, 5.41) is 14.8. The molecule has 0 spiro atoms. The van der Waals surface area contributed by atoms with Crippen molar-refractivity contribution in [3.8, 4) is 5.75 Å². The van der Waals surface area contributed by atoms with Gasteiger partial charge in [0.15, 0.2) is 5.75 Å². The summed E-state index contributed by atoms with van der Waals surface area (Å²) in [5.41, 5.74) is -0.447. The van der Waals surface area contributed by atoms with Crippen molar-refractivity contribution >= 4 is 0 Å². The largest absolute Gasteiger partial charge is 0.493 e. The Morgan fingerprint density at radius 3 is 2.56 bits per heavy atom. The van der Waals surface area contributed by atoms with Crippen molar-refractivity contribution in [1.82, 2.24) is 9.78 Å². The molecule has 5 nitrogen and oxygen atoms in total. The maximum absolute atomic E-state index is 10.7. The van der Waals surface area contributed by atoms with Gasteiger partial charge in [-0.25, -0.2) is 0 Å². The van der Waals surface area contributed by atoms with Crippen LogP contribution >= 0.6 is 0 Å². The van der Waals surface area contributed by atoms with E-state index >= 15 is 0 Å². The summed E-state index contributed by atoms with van der Waals surface area (Å²) in [5.74, 6) is 0.576. The van der Waals surface area contributed by atoms with Gasteiger partial charge in [0.25, 0.3) is 0 Å². The number of hydrogen-bond donors (Lipinski definition) is 1. The van der Waals surface area contributed by atoms with E-state index in [0.717, 1.165) is 0 Å². The summed E-state index contributed by atoms with van der Waals surface area (Å²) >= 11 is 0. The lowest BCUT2D eigenvalue weighted by Crippen LogP contribution is -2.39. The molecule has 5 heteroatoms. The molecule has 0 aliphatic carbocycles. The second kappa shape index (κ2) is 4.84. The number of hydrogen-bond acceptors (Lipinski definition) is 4. The molecule has 0 radical (unpaired) electrons. The quantitative estimate of drug-likeness (QED) is 0.814. The van der Waals surface area contributed by atoms with Crippen molar-refractivity contribution in [1.29, 1.82) is 0 Å². The highest BCUT2D eigenvalue weighted by Crippen LogP contribution is 2.35. The Kier molecular flexibility index (Phi) is 3.93. The standard InChI is InChI=1S/C11H20N2O3/c1-8(2)11(14,7-15-4)10-9(16-5)6-12-13(10)3/h6,8,14H,7H2,1-5H3. The van der Waals surface area contributed by atoms with Gasteiger partial charge in [0.2, 0.25) is 0 Å². The first kappa shape index (κ1) is 13.0. The van der Waals surface area contributed by atoms with E-state index in [0.29, 0.717) is 11.4 Å². The molecule has 0 fully saturated rings. The van der Waals surface area contributed by atoms with Crippen LogP contribution in [-0.4, -0.2) is 35.7 Å². The Morgan fingerprint density at radius 2 is 2.12 bits per heavy atom. The van der Waals surface area contributed by atoms with Crippen molar-refractivity contribution in [3.05, 3.63) is 11.9 Å². The van der Waals surface area contributed by atoms with Gasteiger partial charge in [-0.15, -0.1) is 0 Å².